The van der Waals surface area contributed by atoms with Crippen molar-refractivity contribution in [2.24, 2.45) is 5.84 Å². The fourth-order valence-corrected chi connectivity index (χ4v) is 4.15. The molecule has 0 spiro atoms. The molecule has 3 N–H and O–H groups in total. The monoisotopic (exact) mass is 322 g/mol. The second-order valence-corrected chi connectivity index (χ2v) is 6.58. The number of nitrogens with one attached hydrogen (secondary N) is 1. The van der Waals surface area contributed by atoms with Crippen LogP contribution < -0.4 is 11.3 Å². The maximum absolute atomic E-state index is 5.70. The van der Waals surface area contributed by atoms with E-state index in [2.05, 4.69) is 57.1 Å². The zero-order valence-corrected chi connectivity index (χ0v) is 12.3. The largest absolute Gasteiger partial charge is 0.271 e. The molecule has 0 aliphatic heterocycles. The van der Waals surface area contributed by atoms with Crippen molar-refractivity contribution >= 4 is 27.3 Å². The van der Waals surface area contributed by atoms with Crippen LogP contribution in [0.25, 0.3) is 0 Å². The lowest BCUT2D eigenvalue weighted by atomic mass is 9.74. The summed E-state index contributed by atoms with van der Waals surface area (Å²) in [6.07, 6.45) is 2.25. The summed E-state index contributed by atoms with van der Waals surface area (Å²) in [4.78, 5) is 1.30. The minimum Gasteiger partial charge on any atom is -0.271 e. The molecule has 4 heteroatoms. The molecule has 1 heterocycles. The Bertz CT molecular complexity index is 552. The molecule has 1 aromatic heterocycles. The van der Waals surface area contributed by atoms with Gasteiger partial charge in [-0.2, -0.15) is 0 Å². The average molecular weight is 323 g/mol. The third-order valence-corrected chi connectivity index (χ3v) is 5.42. The number of halogens is 1. The number of hydrogen-bond acceptors (Lipinski definition) is 3. The van der Waals surface area contributed by atoms with E-state index in [4.69, 9.17) is 5.84 Å². The summed E-state index contributed by atoms with van der Waals surface area (Å²) in [7, 11) is 0. The van der Waals surface area contributed by atoms with Crippen molar-refractivity contribution in [3.63, 3.8) is 0 Å². The Hall–Kier alpha value is -0.680. The molecule has 0 saturated heterocycles. The van der Waals surface area contributed by atoms with Crippen molar-refractivity contribution in [2.75, 3.05) is 0 Å². The molecule has 1 aliphatic carbocycles. The SMILES string of the molecule is NNC(CC1Cc2ccccc21)c1cc(Br)cs1. The third kappa shape index (κ3) is 2.26. The highest BCUT2D eigenvalue weighted by Gasteiger charge is 2.28. The van der Waals surface area contributed by atoms with Crippen LogP contribution in [0.2, 0.25) is 0 Å². The van der Waals surface area contributed by atoms with E-state index >= 15 is 0 Å². The number of benzene rings is 1. The second kappa shape index (κ2) is 5.13. The van der Waals surface area contributed by atoms with Crippen LogP contribution in [0, 0.1) is 0 Å². The van der Waals surface area contributed by atoms with Gasteiger partial charge in [-0.1, -0.05) is 24.3 Å². The first-order valence-electron chi connectivity index (χ1n) is 6.06. The van der Waals surface area contributed by atoms with Crippen LogP contribution >= 0.6 is 27.3 Å². The maximum Gasteiger partial charge on any atom is 0.0559 e. The van der Waals surface area contributed by atoms with Crippen LogP contribution in [0.4, 0.5) is 0 Å². The molecule has 2 aromatic rings. The molecule has 2 unspecified atom stereocenters. The van der Waals surface area contributed by atoms with Gasteiger partial charge in [-0.25, -0.2) is 0 Å². The Balaban J connectivity index is 1.73. The van der Waals surface area contributed by atoms with E-state index in [1.165, 1.54) is 22.4 Å². The van der Waals surface area contributed by atoms with Crippen LogP contribution in [-0.2, 0) is 6.42 Å². The van der Waals surface area contributed by atoms with Gasteiger partial charge in [-0.05, 0) is 51.9 Å². The minimum absolute atomic E-state index is 0.250. The molecule has 18 heavy (non-hydrogen) atoms. The lowest BCUT2D eigenvalue weighted by Gasteiger charge is -2.32. The Kier molecular flexibility index (Phi) is 3.52. The summed E-state index contributed by atoms with van der Waals surface area (Å²) in [6.45, 7) is 0. The molecular formula is C14H15BrN2S. The third-order valence-electron chi connectivity index (χ3n) is 3.61. The Morgan fingerprint density at radius 1 is 1.44 bits per heavy atom. The average Bonchev–Trinajstić information content (AvgIpc) is 2.77. The number of thiophene rings is 1. The van der Waals surface area contributed by atoms with Gasteiger partial charge in [-0.3, -0.25) is 11.3 Å². The van der Waals surface area contributed by atoms with E-state index in [0.29, 0.717) is 5.92 Å². The highest BCUT2D eigenvalue weighted by Crippen LogP contribution is 2.41. The molecule has 0 amide bonds. The molecule has 1 aromatic carbocycles. The van der Waals surface area contributed by atoms with Crippen LogP contribution in [0.3, 0.4) is 0 Å². The van der Waals surface area contributed by atoms with Gasteiger partial charge in [0.2, 0.25) is 0 Å². The van der Waals surface area contributed by atoms with Gasteiger partial charge in [0, 0.05) is 14.7 Å². The van der Waals surface area contributed by atoms with Gasteiger partial charge >= 0.3 is 0 Å². The first kappa shape index (κ1) is 12.4. The topological polar surface area (TPSA) is 38.0 Å². The van der Waals surface area contributed by atoms with Gasteiger partial charge in [0.25, 0.3) is 0 Å². The smallest absolute Gasteiger partial charge is 0.0559 e. The summed E-state index contributed by atoms with van der Waals surface area (Å²) in [6, 6.07) is 11.1. The van der Waals surface area contributed by atoms with Gasteiger partial charge < -0.3 is 0 Å². The zero-order valence-electron chi connectivity index (χ0n) is 9.90. The molecule has 0 saturated carbocycles. The summed E-state index contributed by atoms with van der Waals surface area (Å²) in [5, 5.41) is 2.11. The second-order valence-electron chi connectivity index (χ2n) is 4.72. The minimum atomic E-state index is 0.250. The highest BCUT2D eigenvalue weighted by atomic mass is 79.9. The fraction of sp³-hybridized carbons (Fsp3) is 0.286. The zero-order chi connectivity index (χ0) is 12.5. The normalized spacial score (nSPS) is 19.1. The van der Waals surface area contributed by atoms with Crippen LogP contribution in [0.5, 0.6) is 0 Å². The highest BCUT2D eigenvalue weighted by molar-refractivity contribution is 9.10. The van der Waals surface area contributed by atoms with E-state index in [-0.39, 0.29) is 6.04 Å². The summed E-state index contributed by atoms with van der Waals surface area (Å²) in [5.74, 6) is 6.34. The standard InChI is InChI=1S/C14H15BrN2S/c15-11-7-14(18-8-11)13(17-16)6-10-5-9-3-1-2-4-12(9)10/h1-4,7-8,10,13,17H,5-6,16H2. The van der Waals surface area contributed by atoms with Crippen molar-refractivity contribution in [3.05, 3.63) is 56.2 Å². The van der Waals surface area contributed by atoms with E-state index in [9.17, 15) is 0 Å². The molecule has 0 radical (unpaired) electrons. The van der Waals surface area contributed by atoms with Gasteiger partial charge in [0.1, 0.15) is 0 Å². The molecule has 2 atom stereocenters. The van der Waals surface area contributed by atoms with Crippen LogP contribution in [0.15, 0.2) is 40.2 Å². The Labute approximate surface area is 119 Å². The van der Waals surface area contributed by atoms with Crippen molar-refractivity contribution in [3.8, 4) is 0 Å². The van der Waals surface area contributed by atoms with Crippen molar-refractivity contribution in [1.29, 1.82) is 0 Å². The number of hydrazine groups is 1. The quantitative estimate of drug-likeness (QED) is 0.664. The lowest BCUT2D eigenvalue weighted by molar-refractivity contribution is 0.440. The van der Waals surface area contributed by atoms with Crippen molar-refractivity contribution in [1.82, 2.24) is 5.43 Å². The Morgan fingerprint density at radius 3 is 2.94 bits per heavy atom. The molecule has 3 rings (SSSR count). The van der Waals surface area contributed by atoms with Gasteiger partial charge in [0.15, 0.2) is 0 Å². The molecule has 2 nitrogen and oxygen atoms in total. The van der Waals surface area contributed by atoms with Crippen molar-refractivity contribution < 1.29 is 0 Å². The fourth-order valence-electron chi connectivity index (χ4n) is 2.63. The lowest BCUT2D eigenvalue weighted by Crippen LogP contribution is -2.31. The van der Waals surface area contributed by atoms with E-state index in [1.54, 1.807) is 11.3 Å². The first-order chi connectivity index (χ1) is 8.78. The first-order valence-corrected chi connectivity index (χ1v) is 7.73. The molecule has 0 bridgehead atoms. The molecule has 94 valence electrons. The number of nitrogens with two attached hydrogens (primary N) is 1. The maximum atomic E-state index is 5.70. The Morgan fingerprint density at radius 2 is 2.28 bits per heavy atom. The predicted molar refractivity (Wildman–Crippen MR) is 79.6 cm³/mol. The van der Waals surface area contributed by atoms with Crippen LogP contribution in [0.1, 0.15) is 34.4 Å². The number of hydrogen-bond donors (Lipinski definition) is 2. The van der Waals surface area contributed by atoms with E-state index < -0.39 is 0 Å². The predicted octanol–water partition coefficient (Wildman–Crippen LogP) is 3.75. The summed E-state index contributed by atoms with van der Waals surface area (Å²) < 4.78 is 1.14. The van der Waals surface area contributed by atoms with E-state index in [0.717, 1.165) is 10.9 Å². The van der Waals surface area contributed by atoms with Gasteiger partial charge in [0.05, 0.1) is 6.04 Å². The molecule has 0 fully saturated rings. The summed E-state index contributed by atoms with van der Waals surface area (Å²) >= 11 is 5.25. The van der Waals surface area contributed by atoms with Crippen molar-refractivity contribution in [2.45, 2.75) is 24.8 Å². The van der Waals surface area contributed by atoms with E-state index in [1.807, 2.05) is 0 Å². The number of rotatable bonds is 4. The summed E-state index contributed by atoms with van der Waals surface area (Å²) in [5.41, 5.74) is 5.94. The van der Waals surface area contributed by atoms with Crippen LogP contribution in [-0.4, -0.2) is 0 Å². The van der Waals surface area contributed by atoms with Gasteiger partial charge in [-0.15, -0.1) is 11.3 Å². The molecular weight excluding hydrogens is 308 g/mol. The molecule has 1 aliphatic rings. The number of fused-ring (bicyclic) bond motifs is 1.